The molecule has 0 spiro atoms. The highest BCUT2D eigenvalue weighted by Crippen LogP contribution is 2.54. The number of likely N-dealkylation sites (tertiary alicyclic amines) is 1. The molecule has 3 amide bonds. The highest BCUT2D eigenvalue weighted by molar-refractivity contribution is 8.00. The number of benzene rings is 2. The first kappa shape index (κ1) is 31.3. The summed E-state index contributed by atoms with van der Waals surface area (Å²) < 4.78 is 6.58. The van der Waals surface area contributed by atoms with Crippen LogP contribution in [0.2, 0.25) is 0 Å². The highest BCUT2D eigenvalue weighted by Gasteiger charge is 2.57. The molecular weight excluding hydrogens is 611 g/mol. The van der Waals surface area contributed by atoms with E-state index < -0.39 is 23.1 Å². The molecule has 0 radical (unpaired) electrons. The summed E-state index contributed by atoms with van der Waals surface area (Å²) >= 11 is 2.27. The Morgan fingerprint density at radius 3 is 2.20 bits per heavy atom. The van der Waals surface area contributed by atoms with Gasteiger partial charge < -0.3 is 9.64 Å². The molecule has 45 heavy (non-hydrogen) atoms. The molecule has 11 heteroatoms. The van der Waals surface area contributed by atoms with Crippen LogP contribution in [0.5, 0.6) is 0 Å². The first-order valence-corrected chi connectivity index (χ1v) is 17.1. The van der Waals surface area contributed by atoms with Gasteiger partial charge in [-0.25, -0.2) is 9.69 Å². The number of nitrogens with zero attached hydrogens (tertiary/aromatic N) is 3. The molecule has 2 aromatic carbocycles. The molecule has 0 bridgehead atoms. The van der Waals surface area contributed by atoms with E-state index in [1.807, 2.05) is 29.2 Å². The minimum absolute atomic E-state index is 0.0801. The first-order chi connectivity index (χ1) is 21.5. The SMILES string of the molecule is CCOC(=O)c1ccc(N2C(=O)C3Sc4c(sc(=O)n4CC(=O)N4CCCCC4)[C@H](c4ccc(C(C)(C)C)cc4)C3C2=O)cc1. The highest BCUT2D eigenvalue weighted by atomic mass is 32.2. The van der Waals surface area contributed by atoms with Crippen molar-refractivity contribution in [3.05, 3.63) is 79.8 Å². The van der Waals surface area contributed by atoms with E-state index in [-0.39, 0.29) is 41.2 Å². The third-order valence-corrected chi connectivity index (χ3v) is 11.4. The lowest BCUT2D eigenvalue weighted by atomic mass is 9.81. The Bertz CT molecular complexity index is 1700. The zero-order chi connectivity index (χ0) is 32.0. The van der Waals surface area contributed by atoms with Gasteiger partial charge in [-0.15, -0.1) is 0 Å². The van der Waals surface area contributed by atoms with Gasteiger partial charge in [0.05, 0.1) is 28.8 Å². The van der Waals surface area contributed by atoms with Gasteiger partial charge >= 0.3 is 10.8 Å². The van der Waals surface area contributed by atoms with Crippen molar-refractivity contribution >= 4 is 52.5 Å². The lowest BCUT2D eigenvalue weighted by molar-refractivity contribution is -0.133. The predicted octanol–water partition coefficient (Wildman–Crippen LogP) is 5.19. The van der Waals surface area contributed by atoms with E-state index in [2.05, 4.69) is 20.8 Å². The fraction of sp³-hybridized carbons (Fsp3) is 0.441. The lowest BCUT2D eigenvalue weighted by Gasteiger charge is -2.31. The van der Waals surface area contributed by atoms with Crippen molar-refractivity contribution in [1.82, 2.24) is 9.47 Å². The quantitative estimate of drug-likeness (QED) is 0.268. The number of carbonyl (C=O) groups is 4. The van der Waals surface area contributed by atoms with E-state index in [4.69, 9.17) is 4.74 Å². The Kier molecular flexibility index (Phi) is 8.51. The predicted molar refractivity (Wildman–Crippen MR) is 174 cm³/mol. The molecule has 3 aliphatic rings. The van der Waals surface area contributed by atoms with Gasteiger partial charge in [-0.1, -0.05) is 68.1 Å². The number of anilines is 1. The molecule has 0 aliphatic carbocycles. The van der Waals surface area contributed by atoms with E-state index in [1.165, 1.54) is 21.2 Å². The molecule has 1 aromatic heterocycles. The third kappa shape index (κ3) is 5.76. The number of carbonyl (C=O) groups excluding carboxylic acids is 4. The normalized spacial score (nSPS) is 21.5. The Balaban J connectivity index is 1.40. The number of thioether (sulfide) groups is 1. The van der Waals surface area contributed by atoms with Gasteiger partial charge in [-0.05, 0) is 67.0 Å². The maximum atomic E-state index is 14.2. The van der Waals surface area contributed by atoms with Crippen LogP contribution in [0.1, 0.15) is 79.2 Å². The van der Waals surface area contributed by atoms with E-state index in [0.29, 0.717) is 34.2 Å². The van der Waals surface area contributed by atoms with Crippen LogP contribution in [0.25, 0.3) is 0 Å². The van der Waals surface area contributed by atoms with E-state index in [9.17, 15) is 24.0 Å². The van der Waals surface area contributed by atoms with Crippen LogP contribution in [0.4, 0.5) is 5.69 Å². The van der Waals surface area contributed by atoms with Crippen LogP contribution in [-0.2, 0) is 31.1 Å². The van der Waals surface area contributed by atoms with E-state index in [1.54, 1.807) is 31.2 Å². The van der Waals surface area contributed by atoms with Gasteiger partial charge in [-0.3, -0.25) is 23.7 Å². The van der Waals surface area contributed by atoms with Crippen molar-refractivity contribution in [2.75, 3.05) is 24.6 Å². The summed E-state index contributed by atoms with van der Waals surface area (Å²) in [6.45, 7) is 9.61. The molecule has 2 fully saturated rings. The second-order valence-electron chi connectivity index (χ2n) is 12.8. The zero-order valence-corrected chi connectivity index (χ0v) is 27.5. The van der Waals surface area contributed by atoms with Crippen molar-refractivity contribution in [3.8, 4) is 0 Å². The molecule has 3 atom stereocenters. The van der Waals surface area contributed by atoms with Crippen LogP contribution in [0, 0.1) is 5.92 Å². The largest absolute Gasteiger partial charge is 0.462 e. The number of rotatable bonds is 6. The second kappa shape index (κ2) is 12.2. The number of thiazole rings is 1. The fourth-order valence-electron chi connectivity index (χ4n) is 6.40. The molecule has 3 aliphatic heterocycles. The zero-order valence-electron chi connectivity index (χ0n) is 25.9. The Hall–Kier alpha value is -3.70. The molecule has 3 aromatic rings. The van der Waals surface area contributed by atoms with Crippen molar-refractivity contribution in [3.63, 3.8) is 0 Å². The summed E-state index contributed by atoms with van der Waals surface area (Å²) in [7, 11) is 0. The second-order valence-corrected chi connectivity index (χ2v) is 14.9. The van der Waals surface area contributed by atoms with Crippen LogP contribution in [0.3, 0.4) is 0 Å². The van der Waals surface area contributed by atoms with E-state index >= 15 is 0 Å². The molecule has 2 unspecified atom stereocenters. The smallest absolute Gasteiger partial charge is 0.338 e. The average Bonchev–Trinajstić information content (AvgIpc) is 3.47. The molecular formula is C34H37N3O6S2. The summed E-state index contributed by atoms with van der Waals surface area (Å²) in [6, 6.07) is 14.3. The van der Waals surface area contributed by atoms with Gasteiger partial charge in [0.2, 0.25) is 17.7 Å². The Morgan fingerprint density at radius 2 is 1.58 bits per heavy atom. The number of esters is 1. The van der Waals surface area contributed by atoms with E-state index in [0.717, 1.165) is 41.7 Å². The topological polar surface area (TPSA) is 106 Å². The molecule has 0 saturated carbocycles. The van der Waals surface area contributed by atoms with Gasteiger partial charge in [0.25, 0.3) is 0 Å². The molecule has 0 N–H and O–H groups in total. The van der Waals surface area contributed by atoms with Gasteiger partial charge in [0.15, 0.2) is 0 Å². The van der Waals surface area contributed by atoms with Crippen LogP contribution < -0.4 is 9.77 Å². The summed E-state index contributed by atoms with van der Waals surface area (Å²) in [5, 5.41) is -0.200. The molecule has 236 valence electrons. The molecule has 6 rings (SSSR count). The van der Waals surface area contributed by atoms with Crippen molar-refractivity contribution in [2.24, 2.45) is 5.92 Å². The summed E-state index contributed by atoms with van der Waals surface area (Å²) in [5.74, 6) is -2.60. The Morgan fingerprint density at radius 1 is 0.911 bits per heavy atom. The number of hydrogen-bond acceptors (Lipinski definition) is 8. The summed E-state index contributed by atoms with van der Waals surface area (Å²) in [5.41, 5.74) is 2.59. The molecule has 4 heterocycles. The third-order valence-electron chi connectivity index (χ3n) is 8.82. The van der Waals surface area contributed by atoms with Crippen molar-refractivity contribution < 1.29 is 23.9 Å². The maximum Gasteiger partial charge on any atom is 0.338 e. The van der Waals surface area contributed by atoms with Crippen LogP contribution >= 0.6 is 23.1 Å². The summed E-state index contributed by atoms with van der Waals surface area (Å²) in [4.78, 5) is 70.7. The first-order valence-electron chi connectivity index (χ1n) is 15.4. The Labute approximate surface area is 270 Å². The summed E-state index contributed by atoms with van der Waals surface area (Å²) in [6.07, 6.45) is 2.98. The van der Waals surface area contributed by atoms with Gasteiger partial charge in [0.1, 0.15) is 11.8 Å². The molecule has 9 nitrogen and oxygen atoms in total. The monoisotopic (exact) mass is 647 g/mol. The number of aromatic nitrogens is 1. The van der Waals surface area contributed by atoms with Crippen LogP contribution in [0.15, 0.2) is 58.4 Å². The minimum Gasteiger partial charge on any atom is -0.462 e. The number of piperidine rings is 1. The van der Waals surface area contributed by atoms with Crippen LogP contribution in [-0.4, -0.2) is 58.1 Å². The van der Waals surface area contributed by atoms with Gasteiger partial charge in [0, 0.05) is 23.9 Å². The lowest BCUT2D eigenvalue weighted by Crippen LogP contribution is -2.39. The number of hydrogen-bond donors (Lipinski definition) is 0. The standard InChI is InChI=1S/C34H37N3O6S2/c1-5-43-32(41)21-11-15-23(16-12-21)37-29(39)26-25(20-9-13-22(14-10-20)34(2,3)4)28-31(44-27(26)30(37)40)36(33(42)45-28)19-24(38)35-17-7-6-8-18-35/h9-16,25-27H,5-8,17-19H2,1-4H3/t25-,26?,27?/m1/s1. The fourth-order valence-corrected chi connectivity index (χ4v) is 9.17. The number of ether oxygens (including phenoxy) is 1. The number of amides is 3. The molecule has 2 saturated heterocycles. The minimum atomic E-state index is -0.785. The van der Waals surface area contributed by atoms with Gasteiger partial charge in [-0.2, -0.15) is 0 Å². The van der Waals surface area contributed by atoms with Crippen molar-refractivity contribution in [1.29, 1.82) is 0 Å². The number of fused-ring (bicyclic) bond motifs is 2. The number of imide groups is 1. The maximum absolute atomic E-state index is 14.2. The van der Waals surface area contributed by atoms with Crippen molar-refractivity contribution in [2.45, 2.75) is 75.1 Å². The average molecular weight is 648 g/mol.